The molecule has 0 aliphatic carbocycles. The third-order valence-corrected chi connectivity index (χ3v) is 2.20. The van der Waals surface area contributed by atoms with Crippen molar-refractivity contribution in [2.75, 3.05) is 6.61 Å². The van der Waals surface area contributed by atoms with Crippen molar-refractivity contribution in [3.05, 3.63) is 29.8 Å². The van der Waals surface area contributed by atoms with E-state index < -0.39 is 0 Å². The Morgan fingerprint density at radius 1 is 1.43 bits per heavy atom. The zero-order chi connectivity index (χ0) is 9.38. The first-order valence-electron chi connectivity index (χ1n) is 4.39. The van der Waals surface area contributed by atoms with Crippen LogP contribution in [0.25, 0.3) is 11.4 Å². The number of hydrogen-bond donors (Lipinski definition) is 1. The van der Waals surface area contributed by atoms with E-state index in [0.29, 0.717) is 5.82 Å². The van der Waals surface area contributed by atoms with E-state index in [4.69, 9.17) is 4.74 Å². The topological polar surface area (TPSA) is 67.0 Å². The lowest BCUT2D eigenvalue weighted by atomic mass is 10.1. The summed E-state index contributed by atoms with van der Waals surface area (Å²) in [5.74, 6) is 0.618. The van der Waals surface area contributed by atoms with E-state index in [1.807, 2.05) is 24.3 Å². The van der Waals surface area contributed by atoms with Gasteiger partial charge in [-0.25, -0.2) is 0 Å². The van der Waals surface area contributed by atoms with Gasteiger partial charge in [-0.1, -0.05) is 18.2 Å². The predicted molar refractivity (Wildman–Crippen MR) is 48.3 cm³/mol. The number of H-pyrrole nitrogens is 1. The zero-order valence-corrected chi connectivity index (χ0v) is 7.34. The summed E-state index contributed by atoms with van der Waals surface area (Å²) in [4.78, 5) is 0. The second-order valence-corrected chi connectivity index (χ2v) is 3.18. The molecule has 1 N–H and O–H groups in total. The fraction of sp³-hybridized carbons (Fsp3) is 0.222. The van der Waals surface area contributed by atoms with Crippen LogP contribution in [0.1, 0.15) is 11.7 Å². The number of nitrogens with zero attached hydrogens (tertiary/aromatic N) is 3. The average molecular weight is 188 g/mol. The summed E-state index contributed by atoms with van der Waals surface area (Å²) in [7, 11) is 0. The average Bonchev–Trinajstić information content (AvgIpc) is 2.94. The lowest BCUT2D eigenvalue weighted by molar-refractivity contribution is 0.415. The Morgan fingerprint density at radius 3 is 3.07 bits per heavy atom. The van der Waals surface area contributed by atoms with Crippen LogP contribution in [0.4, 0.5) is 0 Å². The number of tetrazole rings is 1. The molecular weight excluding hydrogens is 180 g/mol. The molecule has 1 saturated heterocycles. The van der Waals surface area contributed by atoms with Gasteiger partial charge in [-0.05, 0) is 16.8 Å². The third-order valence-electron chi connectivity index (χ3n) is 2.20. The molecule has 2 aromatic rings. The van der Waals surface area contributed by atoms with Gasteiger partial charge in [0.1, 0.15) is 6.10 Å². The predicted octanol–water partition coefficient (Wildman–Crippen LogP) is 0.938. The van der Waals surface area contributed by atoms with Gasteiger partial charge in [0.15, 0.2) is 0 Å². The minimum Gasteiger partial charge on any atom is -0.368 e. The highest BCUT2D eigenvalue weighted by atomic mass is 16.6. The van der Waals surface area contributed by atoms with Crippen LogP contribution in [0.2, 0.25) is 0 Å². The molecule has 1 aromatic heterocycles. The molecule has 1 fully saturated rings. The zero-order valence-electron chi connectivity index (χ0n) is 7.34. The molecule has 1 aromatic carbocycles. The second-order valence-electron chi connectivity index (χ2n) is 3.18. The Hall–Kier alpha value is -1.75. The highest BCUT2D eigenvalue weighted by molar-refractivity contribution is 5.55. The molecule has 2 heterocycles. The maximum Gasteiger partial charge on any atom is 0.204 e. The van der Waals surface area contributed by atoms with Gasteiger partial charge >= 0.3 is 0 Å². The summed E-state index contributed by atoms with van der Waals surface area (Å²) < 4.78 is 5.20. The van der Waals surface area contributed by atoms with Crippen LogP contribution in [0.3, 0.4) is 0 Å². The quantitative estimate of drug-likeness (QED) is 0.712. The minimum atomic E-state index is 0.266. The number of aromatic amines is 1. The van der Waals surface area contributed by atoms with Crippen molar-refractivity contribution in [3.8, 4) is 11.4 Å². The van der Waals surface area contributed by atoms with Crippen molar-refractivity contribution in [1.82, 2.24) is 20.6 Å². The van der Waals surface area contributed by atoms with Gasteiger partial charge in [0.2, 0.25) is 5.82 Å². The van der Waals surface area contributed by atoms with Crippen LogP contribution in [-0.2, 0) is 4.74 Å². The Balaban J connectivity index is 2.02. The standard InChI is InChI=1S/C9H8N4O/c1-2-6(8-5-14-8)4-7(3-1)9-10-12-13-11-9/h1-4,8H,5H2,(H,10,11,12,13). The molecule has 1 aliphatic rings. The fourth-order valence-electron chi connectivity index (χ4n) is 1.40. The smallest absolute Gasteiger partial charge is 0.204 e. The molecule has 5 nitrogen and oxygen atoms in total. The molecule has 0 radical (unpaired) electrons. The number of ether oxygens (including phenoxy) is 1. The largest absolute Gasteiger partial charge is 0.368 e. The Bertz CT molecular complexity index is 436. The Labute approximate surface area is 80.1 Å². The SMILES string of the molecule is c1cc(-c2nn[nH]n2)cc(C2CO2)c1. The first-order chi connectivity index (χ1) is 6.93. The molecule has 5 heteroatoms. The lowest BCUT2D eigenvalue weighted by Crippen LogP contribution is -1.85. The van der Waals surface area contributed by atoms with E-state index in [9.17, 15) is 0 Å². The number of aromatic nitrogens is 4. The number of benzene rings is 1. The number of epoxide rings is 1. The maximum atomic E-state index is 5.20. The first-order valence-corrected chi connectivity index (χ1v) is 4.39. The van der Waals surface area contributed by atoms with Crippen LogP contribution in [-0.4, -0.2) is 27.2 Å². The molecule has 0 spiro atoms. The van der Waals surface area contributed by atoms with Crippen molar-refractivity contribution in [2.45, 2.75) is 6.10 Å². The van der Waals surface area contributed by atoms with Crippen LogP contribution in [0, 0.1) is 0 Å². The summed E-state index contributed by atoms with van der Waals surface area (Å²) >= 11 is 0. The van der Waals surface area contributed by atoms with Crippen molar-refractivity contribution in [3.63, 3.8) is 0 Å². The second kappa shape index (κ2) is 2.88. The first kappa shape index (κ1) is 7.64. The highest BCUT2D eigenvalue weighted by Gasteiger charge is 2.24. The molecule has 0 bridgehead atoms. The van der Waals surface area contributed by atoms with Crippen molar-refractivity contribution >= 4 is 0 Å². The lowest BCUT2D eigenvalue weighted by Gasteiger charge is -1.97. The molecule has 1 atom stereocenters. The van der Waals surface area contributed by atoms with E-state index in [1.54, 1.807) is 0 Å². The van der Waals surface area contributed by atoms with Crippen LogP contribution >= 0.6 is 0 Å². The summed E-state index contributed by atoms with van der Waals surface area (Å²) in [6, 6.07) is 8.00. The maximum absolute atomic E-state index is 5.20. The van der Waals surface area contributed by atoms with E-state index in [-0.39, 0.29) is 6.10 Å². The summed E-state index contributed by atoms with van der Waals surface area (Å²) in [6.07, 6.45) is 0.266. The minimum absolute atomic E-state index is 0.266. The monoisotopic (exact) mass is 188 g/mol. The molecule has 70 valence electrons. The van der Waals surface area contributed by atoms with Crippen LogP contribution in [0.5, 0.6) is 0 Å². The van der Waals surface area contributed by atoms with Crippen LogP contribution < -0.4 is 0 Å². The molecule has 1 aliphatic heterocycles. The van der Waals surface area contributed by atoms with E-state index in [0.717, 1.165) is 12.2 Å². The van der Waals surface area contributed by atoms with Crippen LogP contribution in [0.15, 0.2) is 24.3 Å². The van der Waals surface area contributed by atoms with Crippen molar-refractivity contribution in [2.24, 2.45) is 0 Å². The third kappa shape index (κ3) is 1.27. The summed E-state index contributed by atoms with van der Waals surface area (Å²) in [6.45, 7) is 0.815. The van der Waals surface area contributed by atoms with Gasteiger partial charge in [-0.15, -0.1) is 10.2 Å². The molecule has 3 rings (SSSR count). The number of rotatable bonds is 2. The summed E-state index contributed by atoms with van der Waals surface area (Å²) in [5.41, 5.74) is 2.14. The van der Waals surface area contributed by atoms with Gasteiger partial charge in [-0.2, -0.15) is 5.21 Å². The fourth-order valence-corrected chi connectivity index (χ4v) is 1.40. The Kier molecular flexibility index (Phi) is 1.57. The molecule has 0 amide bonds. The number of nitrogens with one attached hydrogen (secondary N) is 1. The van der Waals surface area contributed by atoms with E-state index in [1.165, 1.54) is 5.56 Å². The summed E-state index contributed by atoms with van der Waals surface area (Å²) in [5, 5.41) is 13.8. The molecule has 0 saturated carbocycles. The van der Waals surface area contributed by atoms with Crippen molar-refractivity contribution < 1.29 is 4.74 Å². The number of hydrogen-bond acceptors (Lipinski definition) is 4. The normalized spacial score (nSPS) is 19.6. The van der Waals surface area contributed by atoms with Gasteiger partial charge in [0.25, 0.3) is 0 Å². The molecule has 14 heavy (non-hydrogen) atoms. The van der Waals surface area contributed by atoms with E-state index in [2.05, 4.69) is 20.6 Å². The van der Waals surface area contributed by atoms with E-state index >= 15 is 0 Å². The highest BCUT2D eigenvalue weighted by Crippen LogP contribution is 2.31. The molecular formula is C9H8N4O. The molecule has 1 unspecified atom stereocenters. The van der Waals surface area contributed by atoms with Gasteiger partial charge in [0.05, 0.1) is 6.61 Å². The van der Waals surface area contributed by atoms with Gasteiger partial charge in [0, 0.05) is 5.56 Å². The van der Waals surface area contributed by atoms with Gasteiger partial charge in [-0.3, -0.25) is 0 Å². The van der Waals surface area contributed by atoms with Gasteiger partial charge < -0.3 is 4.74 Å². The van der Waals surface area contributed by atoms with Crippen molar-refractivity contribution in [1.29, 1.82) is 0 Å². The Morgan fingerprint density at radius 2 is 2.36 bits per heavy atom.